The highest BCUT2D eigenvalue weighted by molar-refractivity contribution is 5.57. The van der Waals surface area contributed by atoms with Crippen LogP contribution < -0.4 is 11.1 Å². The summed E-state index contributed by atoms with van der Waals surface area (Å²) in [6.07, 6.45) is 0.685. The zero-order chi connectivity index (χ0) is 15.4. The fraction of sp³-hybridized carbons (Fsp3) is 0.214. The molecule has 2 aromatic rings. The molecule has 0 radical (unpaired) electrons. The van der Waals surface area contributed by atoms with Gasteiger partial charge in [0.25, 0.3) is 0 Å². The van der Waals surface area contributed by atoms with Crippen LogP contribution in [0.25, 0.3) is 0 Å². The van der Waals surface area contributed by atoms with Crippen molar-refractivity contribution in [1.29, 1.82) is 0 Å². The molecule has 21 heavy (non-hydrogen) atoms. The van der Waals surface area contributed by atoms with Crippen LogP contribution in [0.5, 0.6) is 0 Å². The van der Waals surface area contributed by atoms with Crippen LogP contribution >= 0.6 is 0 Å². The third-order valence-electron chi connectivity index (χ3n) is 3.10. The van der Waals surface area contributed by atoms with Crippen LogP contribution in [-0.2, 0) is 6.42 Å². The monoisotopic (exact) mass is 290 g/mol. The molecular formula is C14H15FN4O2. The zero-order valence-corrected chi connectivity index (χ0v) is 11.5. The first-order chi connectivity index (χ1) is 9.97. The van der Waals surface area contributed by atoms with Gasteiger partial charge in [-0.3, -0.25) is 10.1 Å². The van der Waals surface area contributed by atoms with Crippen molar-refractivity contribution in [2.75, 3.05) is 17.6 Å². The molecule has 0 amide bonds. The van der Waals surface area contributed by atoms with Gasteiger partial charge in [-0.05, 0) is 42.7 Å². The lowest BCUT2D eigenvalue weighted by molar-refractivity contribution is -0.384. The number of halogens is 1. The molecule has 7 heteroatoms. The first-order valence-corrected chi connectivity index (χ1v) is 6.37. The maximum absolute atomic E-state index is 13.0. The van der Waals surface area contributed by atoms with Crippen molar-refractivity contribution in [3.05, 3.63) is 57.4 Å². The number of nitro groups is 1. The van der Waals surface area contributed by atoms with Gasteiger partial charge >= 0.3 is 5.69 Å². The molecule has 0 aliphatic heterocycles. The zero-order valence-electron chi connectivity index (χ0n) is 11.5. The maximum Gasteiger partial charge on any atom is 0.311 e. The van der Waals surface area contributed by atoms with Gasteiger partial charge in [-0.25, -0.2) is 9.37 Å². The van der Waals surface area contributed by atoms with E-state index in [1.165, 1.54) is 24.3 Å². The van der Waals surface area contributed by atoms with E-state index < -0.39 is 4.92 Å². The number of aryl methyl sites for hydroxylation is 1. The van der Waals surface area contributed by atoms with E-state index >= 15 is 0 Å². The summed E-state index contributed by atoms with van der Waals surface area (Å²) >= 11 is 0. The van der Waals surface area contributed by atoms with Crippen LogP contribution in [0.2, 0.25) is 0 Å². The Balaban J connectivity index is 1.97. The van der Waals surface area contributed by atoms with E-state index in [0.717, 1.165) is 11.1 Å². The van der Waals surface area contributed by atoms with E-state index in [2.05, 4.69) is 10.3 Å². The largest absolute Gasteiger partial charge is 0.378 e. The van der Waals surface area contributed by atoms with Crippen LogP contribution in [0.3, 0.4) is 0 Å². The van der Waals surface area contributed by atoms with E-state index in [9.17, 15) is 14.5 Å². The third-order valence-corrected chi connectivity index (χ3v) is 3.10. The van der Waals surface area contributed by atoms with Crippen molar-refractivity contribution in [2.24, 2.45) is 0 Å². The minimum absolute atomic E-state index is 0.122. The SMILES string of the molecule is Cc1cc(F)ccc1CCNc1ccc([N+](=O)[O-])c(N)n1. The molecule has 2 rings (SSSR count). The lowest BCUT2D eigenvalue weighted by Crippen LogP contribution is -2.08. The molecule has 0 saturated carbocycles. The Labute approximate surface area is 121 Å². The highest BCUT2D eigenvalue weighted by Crippen LogP contribution is 2.20. The van der Waals surface area contributed by atoms with Crippen molar-refractivity contribution in [1.82, 2.24) is 4.98 Å². The number of anilines is 2. The number of hydrogen-bond acceptors (Lipinski definition) is 5. The van der Waals surface area contributed by atoms with Crippen molar-refractivity contribution in [2.45, 2.75) is 13.3 Å². The molecule has 110 valence electrons. The minimum Gasteiger partial charge on any atom is -0.378 e. The van der Waals surface area contributed by atoms with Gasteiger partial charge in [-0.15, -0.1) is 0 Å². The summed E-state index contributed by atoms with van der Waals surface area (Å²) < 4.78 is 13.0. The Morgan fingerprint density at radius 3 is 2.76 bits per heavy atom. The summed E-state index contributed by atoms with van der Waals surface area (Å²) in [5.74, 6) is 0.0924. The number of benzene rings is 1. The summed E-state index contributed by atoms with van der Waals surface area (Å²) in [6.45, 7) is 2.41. The fourth-order valence-electron chi connectivity index (χ4n) is 1.99. The molecule has 0 bridgehead atoms. The molecule has 1 aromatic carbocycles. The van der Waals surface area contributed by atoms with Crippen molar-refractivity contribution < 1.29 is 9.31 Å². The topological polar surface area (TPSA) is 94.1 Å². The Bertz CT molecular complexity index is 676. The van der Waals surface area contributed by atoms with Gasteiger partial charge in [0.15, 0.2) is 0 Å². The molecular weight excluding hydrogens is 275 g/mol. The summed E-state index contributed by atoms with van der Waals surface area (Å²) in [7, 11) is 0. The smallest absolute Gasteiger partial charge is 0.311 e. The Morgan fingerprint density at radius 1 is 1.38 bits per heavy atom. The number of pyridine rings is 1. The minimum atomic E-state index is -0.575. The standard InChI is InChI=1S/C14H15FN4O2/c1-9-8-11(15)3-2-10(9)6-7-17-13-5-4-12(19(20)21)14(16)18-13/h2-5,8H,6-7H2,1H3,(H3,16,17,18). The summed E-state index contributed by atoms with van der Waals surface area (Å²) in [5.41, 5.74) is 7.21. The van der Waals surface area contributed by atoms with Crippen molar-refractivity contribution >= 4 is 17.3 Å². The normalized spacial score (nSPS) is 10.4. The number of hydrogen-bond donors (Lipinski definition) is 2. The fourth-order valence-corrected chi connectivity index (χ4v) is 1.99. The van der Waals surface area contributed by atoms with Gasteiger partial charge in [0.05, 0.1) is 4.92 Å². The number of nitrogen functional groups attached to an aromatic ring is 1. The molecule has 0 atom stereocenters. The number of rotatable bonds is 5. The Hall–Kier alpha value is -2.70. The quantitative estimate of drug-likeness (QED) is 0.652. The van der Waals surface area contributed by atoms with Crippen molar-refractivity contribution in [3.63, 3.8) is 0 Å². The van der Waals surface area contributed by atoms with E-state index in [4.69, 9.17) is 5.73 Å². The van der Waals surface area contributed by atoms with E-state index in [1.807, 2.05) is 6.92 Å². The summed E-state index contributed by atoms with van der Waals surface area (Å²) in [4.78, 5) is 14.0. The van der Waals surface area contributed by atoms with Gasteiger partial charge in [-0.1, -0.05) is 6.07 Å². The van der Waals surface area contributed by atoms with Crippen LogP contribution in [0.15, 0.2) is 30.3 Å². The average Bonchev–Trinajstić information content (AvgIpc) is 2.41. The number of aromatic nitrogens is 1. The Kier molecular flexibility index (Phi) is 4.32. The molecule has 0 aliphatic rings. The molecule has 1 aromatic heterocycles. The van der Waals surface area contributed by atoms with E-state index in [-0.39, 0.29) is 17.3 Å². The number of nitrogens with one attached hydrogen (secondary N) is 1. The van der Waals surface area contributed by atoms with Gasteiger partial charge in [0.1, 0.15) is 11.6 Å². The highest BCUT2D eigenvalue weighted by Gasteiger charge is 2.12. The number of nitrogens with zero attached hydrogens (tertiary/aromatic N) is 2. The van der Waals surface area contributed by atoms with Crippen molar-refractivity contribution in [3.8, 4) is 0 Å². The molecule has 0 saturated heterocycles. The second-order valence-corrected chi connectivity index (χ2v) is 4.61. The predicted octanol–water partition coefficient (Wildman–Crippen LogP) is 2.67. The Morgan fingerprint density at radius 2 is 2.14 bits per heavy atom. The molecule has 3 N–H and O–H groups in total. The van der Waals surface area contributed by atoms with Crippen LogP contribution in [0.4, 0.5) is 21.7 Å². The van der Waals surface area contributed by atoms with Crippen LogP contribution in [0, 0.1) is 22.9 Å². The van der Waals surface area contributed by atoms with Crippen LogP contribution in [0.1, 0.15) is 11.1 Å². The second kappa shape index (κ2) is 6.17. The maximum atomic E-state index is 13.0. The molecule has 0 spiro atoms. The van der Waals surface area contributed by atoms with E-state index in [0.29, 0.717) is 18.8 Å². The molecule has 0 fully saturated rings. The average molecular weight is 290 g/mol. The summed E-state index contributed by atoms with van der Waals surface area (Å²) in [6, 6.07) is 7.46. The number of nitrogens with two attached hydrogens (primary N) is 1. The lowest BCUT2D eigenvalue weighted by Gasteiger charge is -2.08. The van der Waals surface area contributed by atoms with Gasteiger partial charge in [-0.2, -0.15) is 0 Å². The third kappa shape index (κ3) is 3.65. The van der Waals surface area contributed by atoms with Crippen LogP contribution in [-0.4, -0.2) is 16.5 Å². The van der Waals surface area contributed by atoms with Gasteiger partial charge < -0.3 is 11.1 Å². The first kappa shape index (κ1) is 14.7. The predicted molar refractivity (Wildman–Crippen MR) is 78.6 cm³/mol. The van der Waals surface area contributed by atoms with E-state index in [1.54, 1.807) is 6.07 Å². The molecule has 1 heterocycles. The first-order valence-electron chi connectivity index (χ1n) is 6.37. The van der Waals surface area contributed by atoms with Gasteiger partial charge in [0, 0.05) is 12.6 Å². The van der Waals surface area contributed by atoms with Gasteiger partial charge in [0.2, 0.25) is 5.82 Å². The summed E-state index contributed by atoms with van der Waals surface area (Å²) in [5, 5.41) is 13.7. The highest BCUT2D eigenvalue weighted by atomic mass is 19.1. The molecule has 0 aliphatic carbocycles. The molecule has 6 nitrogen and oxygen atoms in total. The lowest BCUT2D eigenvalue weighted by atomic mass is 10.1. The second-order valence-electron chi connectivity index (χ2n) is 4.61. The molecule has 0 unspecified atom stereocenters.